The van der Waals surface area contributed by atoms with Gasteiger partial charge in [0.1, 0.15) is 0 Å². The molecule has 0 aromatic carbocycles. The molecule has 1 saturated carbocycles. The van der Waals surface area contributed by atoms with Crippen LogP contribution in [0.15, 0.2) is 4.99 Å². The maximum atomic E-state index is 4.67. The van der Waals surface area contributed by atoms with Gasteiger partial charge in [0, 0.05) is 19.1 Å². The zero-order valence-electron chi connectivity index (χ0n) is 12.7. The van der Waals surface area contributed by atoms with E-state index in [1.165, 1.54) is 25.7 Å². The number of hydrogen-bond acceptors (Lipinski definition) is 2. The highest BCUT2D eigenvalue weighted by atomic mass is 127. The molecule has 0 aromatic rings. The summed E-state index contributed by atoms with van der Waals surface area (Å²) in [5.74, 6) is 0.997. The van der Waals surface area contributed by atoms with E-state index < -0.39 is 0 Å². The number of nitrogens with one attached hydrogen (secondary N) is 2. The summed E-state index contributed by atoms with van der Waals surface area (Å²) in [6.07, 6.45) is 5.30. The summed E-state index contributed by atoms with van der Waals surface area (Å²) in [5.41, 5.74) is 0. The first-order chi connectivity index (χ1) is 8.80. The van der Waals surface area contributed by atoms with E-state index in [2.05, 4.69) is 41.3 Å². The predicted molar refractivity (Wildman–Crippen MR) is 94.6 cm³/mol. The van der Waals surface area contributed by atoms with Gasteiger partial charge in [-0.3, -0.25) is 4.99 Å². The maximum absolute atomic E-state index is 4.67. The summed E-state index contributed by atoms with van der Waals surface area (Å²) in [6, 6.07) is 0.635. The number of aliphatic imine (C=N–C) groups is 1. The second-order valence-electron chi connectivity index (χ2n) is 4.91. The third-order valence-electron chi connectivity index (χ3n) is 3.62. The van der Waals surface area contributed by atoms with Gasteiger partial charge in [0.2, 0.25) is 0 Å². The molecule has 1 aliphatic rings. The zero-order chi connectivity index (χ0) is 13.2. The summed E-state index contributed by atoms with van der Waals surface area (Å²) >= 11 is 0. The number of halogens is 1. The van der Waals surface area contributed by atoms with E-state index >= 15 is 0 Å². The molecule has 0 saturated heterocycles. The number of likely N-dealkylation sites (N-methyl/N-ethyl adjacent to an activating group) is 1. The van der Waals surface area contributed by atoms with Gasteiger partial charge in [-0.2, -0.15) is 0 Å². The van der Waals surface area contributed by atoms with Gasteiger partial charge in [0.25, 0.3) is 0 Å². The fourth-order valence-corrected chi connectivity index (χ4v) is 2.43. The van der Waals surface area contributed by atoms with Crippen molar-refractivity contribution in [1.29, 1.82) is 0 Å². The fourth-order valence-electron chi connectivity index (χ4n) is 2.43. The summed E-state index contributed by atoms with van der Waals surface area (Å²) in [7, 11) is 0. The largest absolute Gasteiger partial charge is 0.357 e. The Balaban J connectivity index is 0.00000324. The van der Waals surface area contributed by atoms with E-state index in [0.29, 0.717) is 6.04 Å². The highest BCUT2D eigenvalue weighted by molar-refractivity contribution is 14.0. The molecular formula is C14H31IN4. The average molecular weight is 382 g/mol. The van der Waals surface area contributed by atoms with E-state index in [1.807, 2.05) is 0 Å². The van der Waals surface area contributed by atoms with Crippen molar-refractivity contribution in [2.75, 3.05) is 32.7 Å². The van der Waals surface area contributed by atoms with Gasteiger partial charge in [-0.05, 0) is 32.9 Å². The summed E-state index contributed by atoms with van der Waals surface area (Å²) in [5, 5.41) is 6.89. The Morgan fingerprint density at radius 2 is 1.79 bits per heavy atom. The summed E-state index contributed by atoms with van der Waals surface area (Å²) < 4.78 is 0. The first-order valence-electron chi connectivity index (χ1n) is 7.57. The van der Waals surface area contributed by atoms with Crippen molar-refractivity contribution in [2.45, 2.75) is 52.5 Å². The molecular weight excluding hydrogens is 351 g/mol. The molecule has 0 atom stereocenters. The van der Waals surface area contributed by atoms with Crippen molar-refractivity contribution in [2.24, 2.45) is 4.99 Å². The molecule has 2 N–H and O–H groups in total. The van der Waals surface area contributed by atoms with E-state index in [9.17, 15) is 0 Å². The molecule has 0 radical (unpaired) electrons. The fraction of sp³-hybridized carbons (Fsp3) is 0.929. The lowest BCUT2D eigenvalue weighted by Crippen LogP contribution is -2.42. The molecule has 19 heavy (non-hydrogen) atoms. The van der Waals surface area contributed by atoms with Crippen LogP contribution in [0.1, 0.15) is 46.5 Å². The van der Waals surface area contributed by atoms with Gasteiger partial charge < -0.3 is 15.5 Å². The molecule has 0 aromatic heterocycles. The molecule has 1 rings (SSSR count). The van der Waals surface area contributed by atoms with Crippen LogP contribution in [0.25, 0.3) is 0 Å². The highest BCUT2D eigenvalue weighted by Gasteiger charge is 2.15. The van der Waals surface area contributed by atoms with E-state index in [1.54, 1.807) is 0 Å². The number of hydrogen-bond donors (Lipinski definition) is 2. The van der Waals surface area contributed by atoms with Crippen molar-refractivity contribution in [1.82, 2.24) is 15.5 Å². The molecule has 5 heteroatoms. The molecule has 1 aliphatic carbocycles. The third kappa shape index (κ3) is 7.97. The first kappa shape index (κ1) is 19.0. The SMILES string of the molecule is CCNC(=NCCN(CC)CC)NC1CCCC1.I. The molecule has 0 heterocycles. The number of nitrogens with zero attached hydrogens (tertiary/aromatic N) is 2. The first-order valence-corrected chi connectivity index (χ1v) is 7.57. The van der Waals surface area contributed by atoms with Crippen LogP contribution in [0.2, 0.25) is 0 Å². The Hall–Kier alpha value is -0.0400. The van der Waals surface area contributed by atoms with Gasteiger partial charge in [0.15, 0.2) is 5.96 Å². The van der Waals surface area contributed by atoms with Crippen LogP contribution in [0.4, 0.5) is 0 Å². The van der Waals surface area contributed by atoms with Gasteiger partial charge in [-0.15, -0.1) is 24.0 Å². The Labute approximate surface area is 135 Å². The third-order valence-corrected chi connectivity index (χ3v) is 3.62. The van der Waals surface area contributed by atoms with Crippen molar-refractivity contribution in [3.05, 3.63) is 0 Å². The monoisotopic (exact) mass is 382 g/mol. The zero-order valence-corrected chi connectivity index (χ0v) is 15.1. The van der Waals surface area contributed by atoms with Crippen molar-refractivity contribution < 1.29 is 0 Å². The van der Waals surface area contributed by atoms with Crippen LogP contribution in [-0.2, 0) is 0 Å². The van der Waals surface area contributed by atoms with E-state index in [0.717, 1.165) is 38.7 Å². The lowest BCUT2D eigenvalue weighted by atomic mass is 10.2. The Kier molecular flexibility index (Phi) is 11.7. The number of guanidine groups is 1. The Morgan fingerprint density at radius 1 is 1.16 bits per heavy atom. The van der Waals surface area contributed by atoms with Crippen LogP contribution in [-0.4, -0.2) is 49.6 Å². The van der Waals surface area contributed by atoms with Crippen LogP contribution in [0.5, 0.6) is 0 Å². The predicted octanol–water partition coefficient (Wildman–Crippen LogP) is 2.44. The standard InChI is InChI=1S/C14H30N4.HI/c1-4-15-14(17-13-9-7-8-10-13)16-11-12-18(5-2)6-3;/h13H,4-12H2,1-3H3,(H2,15,16,17);1H. The molecule has 0 unspecified atom stereocenters. The van der Waals surface area contributed by atoms with Gasteiger partial charge in [0.05, 0.1) is 6.54 Å². The summed E-state index contributed by atoms with van der Waals surface area (Å²) in [6.45, 7) is 11.6. The quantitative estimate of drug-likeness (QED) is 0.404. The molecule has 0 spiro atoms. The summed E-state index contributed by atoms with van der Waals surface area (Å²) in [4.78, 5) is 7.07. The maximum Gasteiger partial charge on any atom is 0.191 e. The topological polar surface area (TPSA) is 39.7 Å². The van der Waals surface area contributed by atoms with E-state index in [-0.39, 0.29) is 24.0 Å². The lowest BCUT2D eigenvalue weighted by Gasteiger charge is -2.19. The average Bonchev–Trinajstić information content (AvgIpc) is 2.87. The molecule has 0 bridgehead atoms. The highest BCUT2D eigenvalue weighted by Crippen LogP contribution is 2.17. The van der Waals surface area contributed by atoms with E-state index in [4.69, 9.17) is 0 Å². The lowest BCUT2D eigenvalue weighted by molar-refractivity contribution is 0.313. The van der Waals surface area contributed by atoms with Gasteiger partial charge in [-0.1, -0.05) is 26.7 Å². The van der Waals surface area contributed by atoms with Crippen LogP contribution in [0, 0.1) is 0 Å². The normalized spacial score (nSPS) is 16.5. The van der Waals surface area contributed by atoms with Crippen LogP contribution < -0.4 is 10.6 Å². The second-order valence-corrected chi connectivity index (χ2v) is 4.91. The molecule has 1 fully saturated rings. The van der Waals surface area contributed by atoms with Crippen LogP contribution in [0.3, 0.4) is 0 Å². The molecule has 0 aliphatic heterocycles. The van der Waals surface area contributed by atoms with Crippen molar-refractivity contribution in [3.8, 4) is 0 Å². The Bertz CT molecular complexity index is 236. The minimum Gasteiger partial charge on any atom is -0.357 e. The minimum absolute atomic E-state index is 0. The van der Waals surface area contributed by atoms with Crippen molar-refractivity contribution >= 4 is 29.9 Å². The van der Waals surface area contributed by atoms with Crippen molar-refractivity contribution in [3.63, 3.8) is 0 Å². The molecule has 4 nitrogen and oxygen atoms in total. The van der Waals surface area contributed by atoms with Gasteiger partial charge >= 0.3 is 0 Å². The number of rotatable bonds is 7. The van der Waals surface area contributed by atoms with Gasteiger partial charge in [-0.25, -0.2) is 0 Å². The van der Waals surface area contributed by atoms with Crippen LogP contribution >= 0.6 is 24.0 Å². The smallest absolute Gasteiger partial charge is 0.191 e. The molecule has 114 valence electrons. The Morgan fingerprint density at radius 3 is 2.32 bits per heavy atom. The minimum atomic E-state index is 0. The molecule has 0 amide bonds. The second kappa shape index (κ2) is 11.8.